The van der Waals surface area contributed by atoms with Crippen molar-refractivity contribution < 1.29 is 14.0 Å². The van der Waals surface area contributed by atoms with Gasteiger partial charge < -0.3 is 19.3 Å². The van der Waals surface area contributed by atoms with E-state index in [-0.39, 0.29) is 5.92 Å². The molecule has 2 saturated heterocycles. The lowest BCUT2D eigenvalue weighted by atomic mass is 9.95. The Labute approximate surface area is 112 Å². The minimum atomic E-state index is 0.167. The summed E-state index contributed by atoms with van der Waals surface area (Å²) in [7, 11) is 1.97. The van der Waals surface area contributed by atoms with Crippen molar-refractivity contribution in [3.05, 3.63) is 11.7 Å². The van der Waals surface area contributed by atoms with Gasteiger partial charge in [-0.2, -0.15) is 4.98 Å². The van der Waals surface area contributed by atoms with E-state index in [2.05, 4.69) is 15.5 Å². The fraction of sp³-hybridized carbons (Fsp3) is 0.846. The van der Waals surface area contributed by atoms with Gasteiger partial charge in [-0.1, -0.05) is 5.16 Å². The molecule has 2 fully saturated rings. The zero-order valence-corrected chi connectivity index (χ0v) is 11.3. The van der Waals surface area contributed by atoms with Crippen LogP contribution in [0.4, 0.5) is 0 Å². The lowest BCUT2D eigenvalue weighted by Gasteiger charge is -2.28. The Bertz CT molecular complexity index is 404. The molecule has 0 amide bonds. The van der Waals surface area contributed by atoms with E-state index in [1.165, 1.54) is 0 Å². The van der Waals surface area contributed by atoms with Crippen molar-refractivity contribution in [2.75, 3.05) is 33.5 Å². The van der Waals surface area contributed by atoms with Gasteiger partial charge in [0, 0.05) is 31.8 Å². The molecule has 0 aliphatic carbocycles. The maximum Gasteiger partial charge on any atom is 0.233 e. The van der Waals surface area contributed by atoms with Crippen LogP contribution in [-0.4, -0.2) is 49.7 Å². The molecule has 0 bridgehead atoms. The number of hydrogen-bond donors (Lipinski definition) is 1. The summed E-state index contributed by atoms with van der Waals surface area (Å²) in [6.45, 7) is 3.03. The number of ether oxygens (including phenoxy) is 2. The summed E-state index contributed by atoms with van der Waals surface area (Å²) < 4.78 is 16.4. The Balaban J connectivity index is 1.72. The predicted octanol–water partition coefficient (Wildman–Crippen LogP) is 1.06. The first-order chi connectivity index (χ1) is 9.38. The fourth-order valence-electron chi connectivity index (χ4n) is 2.85. The molecule has 1 aromatic heterocycles. The van der Waals surface area contributed by atoms with E-state index in [1.807, 2.05) is 7.05 Å². The summed E-state index contributed by atoms with van der Waals surface area (Å²) in [5.74, 6) is 2.09. The van der Waals surface area contributed by atoms with E-state index < -0.39 is 0 Å². The highest BCUT2D eigenvalue weighted by Gasteiger charge is 2.31. The van der Waals surface area contributed by atoms with Crippen LogP contribution in [0.15, 0.2) is 4.52 Å². The Morgan fingerprint density at radius 1 is 1.11 bits per heavy atom. The van der Waals surface area contributed by atoms with Crippen LogP contribution in [0, 0.1) is 0 Å². The molecular formula is C13H21N3O3. The minimum absolute atomic E-state index is 0.167. The van der Waals surface area contributed by atoms with Gasteiger partial charge in [-0.3, -0.25) is 0 Å². The Hall–Kier alpha value is -0.980. The molecule has 106 valence electrons. The number of nitrogens with one attached hydrogen (secondary N) is 1. The van der Waals surface area contributed by atoms with Crippen LogP contribution in [-0.2, 0) is 9.47 Å². The van der Waals surface area contributed by atoms with E-state index >= 15 is 0 Å². The Morgan fingerprint density at radius 2 is 1.89 bits per heavy atom. The van der Waals surface area contributed by atoms with Crippen molar-refractivity contribution in [3.8, 4) is 0 Å². The van der Waals surface area contributed by atoms with E-state index in [0.29, 0.717) is 24.5 Å². The van der Waals surface area contributed by atoms with Crippen LogP contribution in [0.1, 0.15) is 42.8 Å². The third-order valence-electron chi connectivity index (χ3n) is 4.09. The van der Waals surface area contributed by atoms with Gasteiger partial charge in [-0.25, -0.2) is 0 Å². The zero-order valence-electron chi connectivity index (χ0n) is 11.3. The summed E-state index contributed by atoms with van der Waals surface area (Å²) in [5, 5.41) is 7.47. The van der Waals surface area contributed by atoms with Crippen molar-refractivity contribution in [2.45, 2.75) is 37.1 Å². The molecule has 2 unspecified atom stereocenters. The molecule has 0 spiro atoms. The molecule has 0 saturated carbocycles. The molecule has 6 heteroatoms. The van der Waals surface area contributed by atoms with Crippen molar-refractivity contribution in [1.82, 2.24) is 15.5 Å². The standard InChI is InChI=1S/C13H21N3O3/c1-14-11-4-7-18-8-10(11)13-15-12(16-19-13)9-2-5-17-6-3-9/h9-11,14H,2-8H2,1H3. The molecule has 1 N–H and O–H groups in total. The molecule has 1 aromatic rings. The fourth-order valence-corrected chi connectivity index (χ4v) is 2.85. The van der Waals surface area contributed by atoms with Crippen molar-refractivity contribution in [2.24, 2.45) is 0 Å². The summed E-state index contributed by atoms with van der Waals surface area (Å²) in [4.78, 5) is 4.60. The zero-order chi connectivity index (χ0) is 13.1. The number of hydrogen-bond acceptors (Lipinski definition) is 6. The number of nitrogens with zero attached hydrogens (tertiary/aromatic N) is 2. The SMILES string of the molecule is CNC1CCOCC1c1nc(C2CCOCC2)no1. The van der Waals surface area contributed by atoms with Gasteiger partial charge in [0.25, 0.3) is 0 Å². The molecule has 0 radical (unpaired) electrons. The van der Waals surface area contributed by atoms with Crippen LogP contribution in [0.2, 0.25) is 0 Å². The second-order valence-electron chi connectivity index (χ2n) is 5.24. The predicted molar refractivity (Wildman–Crippen MR) is 68.1 cm³/mol. The normalized spacial score (nSPS) is 29.5. The highest BCUT2D eigenvalue weighted by Crippen LogP contribution is 2.28. The van der Waals surface area contributed by atoms with Gasteiger partial charge in [-0.05, 0) is 26.3 Å². The first-order valence-corrected chi connectivity index (χ1v) is 7.04. The summed E-state index contributed by atoms with van der Waals surface area (Å²) in [6.07, 6.45) is 2.95. The maximum absolute atomic E-state index is 5.54. The minimum Gasteiger partial charge on any atom is -0.381 e. The first-order valence-electron chi connectivity index (χ1n) is 7.04. The van der Waals surface area contributed by atoms with Gasteiger partial charge in [0.1, 0.15) is 0 Å². The molecule has 6 nitrogen and oxygen atoms in total. The van der Waals surface area contributed by atoms with E-state index in [4.69, 9.17) is 14.0 Å². The molecule has 2 atom stereocenters. The average molecular weight is 267 g/mol. The summed E-state index contributed by atoms with van der Waals surface area (Å²) in [5.41, 5.74) is 0. The van der Waals surface area contributed by atoms with Crippen LogP contribution in [0.5, 0.6) is 0 Å². The van der Waals surface area contributed by atoms with E-state index in [9.17, 15) is 0 Å². The van der Waals surface area contributed by atoms with Gasteiger partial charge >= 0.3 is 0 Å². The van der Waals surface area contributed by atoms with Crippen molar-refractivity contribution >= 4 is 0 Å². The van der Waals surface area contributed by atoms with Gasteiger partial charge in [0.15, 0.2) is 5.82 Å². The largest absolute Gasteiger partial charge is 0.381 e. The Kier molecular flexibility index (Phi) is 4.10. The lowest BCUT2D eigenvalue weighted by molar-refractivity contribution is 0.0516. The molecular weight excluding hydrogens is 246 g/mol. The number of likely N-dealkylation sites (N-methyl/N-ethyl adjacent to an activating group) is 1. The summed E-state index contributed by atoms with van der Waals surface area (Å²) in [6, 6.07) is 0.358. The second kappa shape index (κ2) is 5.98. The number of rotatable bonds is 3. The van der Waals surface area contributed by atoms with Crippen LogP contribution >= 0.6 is 0 Å². The summed E-state index contributed by atoms with van der Waals surface area (Å²) >= 11 is 0. The topological polar surface area (TPSA) is 69.4 Å². The van der Waals surface area contributed by atoms with Crippen molar-refractivity contribution in [1.29, 1.82) is 0 Å². The van der Waals surface area contributed by atoms with Gasteiger partial charge in [-0.15, -0.1) is 0 Å². The highest BCUT2D eigenvalue weighted by molar-refractivity contribution is 5.04. The monoisotopic (exact) mass is 267 g/mol. The first kappa shape index (κ1) is 13.0. The van der Waals surface area contributed by atoms with Crippen LogP contribution in [0.3, 0.4) is 0 Å². The average Bonchev–Trinajstić information content (AvgIpc) is 2.98. The van der Waals surface area contributed by atoms with Crippen LogP contribution < -0.4 is 5.32 Å². The van der Waals surface area contributed by atoms with E-state index in [1.54, 1.807) is 0 Å². The van der Waals surface area contributed by atoms with E-state index in [0.717, 1.165) is 44.9 Å². The molecule has 2 aliphatic heterocycles. The molecule has 19 heavy (non-hydrogen) atoms. The Morgan fingerprint density at radius 3 is 2.68 bits per heavy atom. The highest BCUT2D eigenvalue weighted by atomic mass is 16.5. The molecule has 3 rings (SSSR count). The quantitative estimate of drug-likeness (QED) is 0.883. The van der Waals surface area contributed by atoms with Crippen LogP contribution in [0.25, 0.3) is 0 Å². The smallest absolute Gasteiger partial charge is 0.233 e. The van der Waals surface area contributed by atoms with Crippen molar-refractivity contribution in [3.63, 3.8) is 0 Å². The lowest BCUT2D eigenvalue weighted by Crippen LogP contribution is -2.39. The molecule has 2 aliphatic rings. The third-order valence-corrected chi connectivity index (χ3v) is 4.09. The number of aromatic nitrogens is 2. The molecule has 0 aromatic carbocycles. The van der Waals surface area contributed by atoms with Gasteiger partial charge in [0.2, 0.25) is 5.89 Å². The second-order valence-corrected chi connectivity index (χ2v) is 5.24. The maximum atomic E-state index is 5.54. The molecule has 3 heterocycles. The third kappa shape index (κ3) is 2.80. The van der Waals surface area contributed by atoms with Gasteiger partial charge in [0.05, 0.1) is 12.5 Å².